The number of amides is 1. The molecular weight excluding hydrogens is 257 g/mol. The third-order valence-corrected chi connectivity index (χ3v) is 3.28. The Morgan fingerprint density at radius 2 is 1.95 bits per heavy atom. The fraction of sp³-hybridized carbons (Fsp3) is 0.462. The van der Waals surface area contributed by atoms with Crippen LogP contribution in [0.4, 0.5) is 13.2 Å². The maximum atomic E-state index is 12.3. The topological polar surface area (TPSA) is 41.1 Å². The van der Waals surface area contributed by atoms with Gasteiger partial charge in [-0.05, 0) is 18.5 Å². The van der Waals surface area contributed by atoms with Crippen LogP contribution in [0.2, 0.25) is 0 Å². The second kappa shape index (κ2) is 5.61. The van der Waals surface area contributed by atoms with Gasteiger partial charge < -0.3 is 10.6 Å². The third kappa shape index (κ3) is 3.47. The first-order valence-electron chi connectivity index (χ1n) is 6.12. The third-order valence-electron chi connectivity index (χ3n) is 3.28. The minimum absolute atomic E-state index is 0.0891. The van der Waals surface area contributed by atoms with Gasteiger partial charge in [0.05, 0.1) is 0 Å². The Labute approximate surface area is 109 Å². The summed E-state index contributed by atoms with van der Waals surface area (Å²) in [5.74, 6) is -1.96. The molecule has 3 nitrogen and oxygen atoms in total. The summed E-state index contributed by atoms with van der Waals surface area (Å²) in [7, 11) is 0. The lowest BCUT2D eigenvalue weighted by Crippen LogP contribution is -2.53. The first kappa shape index (κ1) is 13.9. The summed E-state index contributed by atoms with van der Waals surface area (Å²) in [6, 6.07) is 8.77. The Morgan fingerprint density at radius 3 is 2.58 bits per heavy atom. The first-order valence-corrected chi connectivity index (χ1v) is 6.12. The average molecular weight is 272 g/mol. The number of carbonyl (C=O) groups is 1. The van der Waals surface area contributed by atoms with Gasteiger partial charge in [0, 0.05) is 18.5 Å². The molecule has 1 aliphatic rings. The Hall–Kier alpha value is -1.56. The molecule has 2 atom stereocenters. The van der Waals surface area contributed by atoms with E-state index < -0.39 is 18.1 Å². The maximum Gasteiger partial charge on any atom is 0.471 e. The molecule has 6 heteroatoms. The van der Waals surface area contributed by atoms with E-state index in [-0.39, 0.29) is 5.92 Å². The number of benzene rings is 1. The molecule has 1 heterocycles. The predicted molar refractivity (Wildman–Crippen MR) is 64.7 cm³/mol. The van der Waals surface area contributed by atoms with Crippen molar-refractivity contribution in [2.45, 2.75) is 24.6 Å². The van der Waals surface area contributed by atoms with Gasteiger partial charge in [-0.15, -0.1) is 0 Å². The van der Waals surface area contributed by atoms with Crippen molar-refractivity contribution in [1.29, 1.82) is 0 Å². The summed E-state index contributed by atoms with van der Waals surface area (Å²) in [5.41, 5.74) is 0.955. The Balaban J connectivity index is 2.11. The van der Waals surface area contributed by atoms with Crippen LogP contribution in [0.3, 0.4) is 0 Å². The number of halogens is 3. The fourth-order valence-electron chi connectivity index (χ4n) is 2.36. The van der Waals surface area contributed by atoms with Crippen molar-refractivity contribution in [2.24, 2.45) is 0 Å². The number of rotatable bonds is 2. The molecule has 19 heavy (non-hydrogen) atoms. The summed E-state index contributed by atoms with van der Waals surface area (Å²) in [4.78, 5) is 11.0. The highest BCUT2D eigenvalue weighted by Gasteiger charge is 2.41. The Kier molecular flexibility index (Phi) is 4.09. The van der Waals surface area contributed by atoms with Gasteiger partial charge in [-0.1, -0.05) is 30.3 Å². The number of carbonyl (C=O) groups excluding carboxylic acids is 1. The van der Waals surface area contributed by atoms with Crippen molar-refractivity contribution in [3.8, 4) is 0 Å². The lowest BCUT2D eigenvalue weighted by Gasteiger charge is -2.33. The van der Waals surface area contributed by atoms with E-state index in [1.165, 1.54) is 0 Å². The van der Waals surface area contributed by atoms with E-state index in [1.54, 1.807) is 0 Å². The number of piperidine rings is 1. The minimum Gasteiger partial charge on any atom is -0.344 e. The lowest BCUT2D eigenvalue weighted by atomic mass is 9.86. The van der Waals surface area contributed by atoms with Crippen molar-refractivity contribution in [3.63, 3.8) is 0 Å². The van der Waals surface area contributed by atoms with Crippen molar-refractivity contribution in [2.75, 3.05) is 13.1 Å². The van der Waals surface area contributed by atoms with Crippen LogP contribution < -0.4 is 10.6 Å². The van der Waals surface area contributed by atoms with Crippen LogP contribution in [-0.2, 0) is 4.79 Å². The van der Waals surface area contributed by atoms with E-state index in [0.717, 1.165) is 12.1 Å². The standard InChI is InChI=1S/C13H15F3N2O/c14-13(15,16)12(19)18-11-8-17-7-6-10(11)9-4-2-1-3-5-9/h1-5,10-11,17H,6-8H2,(H,18,19)/t10-,11+/m0/s1. The zero-order valence-corrected chi connectivity index (χ0v) is 10.2. The molecule has 2 N–H and O–H groups in total. The molecule has 0 radical (unpaired) electrons. The van der Waals surface area contributed by atoms with E-state index in [0.29, 0.717) is 13.0 Å². The number of hydrogen-bond acceptors (Lipinski definition) is 2. The van der Waals surface area contributed by atoms with E-state index in [2.05, 4.69) is 10.6 Å². The van der Waals surface area contributed by atoms with Crippen molar-refractivity contribution in [3.05, 3.63) is 35.9 Å². The molecule has 0 unspecified atom stereocenters. The molecule has 1 aliphatic heterocycles. The van der Waals surface area contributed by atoms with Crippen molar-refractivity contribution < 1.29 is 18.0 Å². The molecule has 1 amide bonds. The van der Waals surface area contributed by atoms with Crippen LogP contribution in [0.25, 0.3) is 0 Å². The summed E-state index contributed by atoms with van der Waals surface area (Å²) in [5, 5.41) is 5.09. The number of nitrogens with one attached hydrogen (secondary N) is 2. The predicted octanol–water partition coefficient (Wildman–Crippen LogP) is 1.81. The molecule has 1 aromatic carbocycles. The Bertz CT molecular complexity index is 433. The summed E-state index contributed by atoms with van der Waals surface area (Å²) < 4.78 is 36.9. The second-order valence-corrected chi connectivity index (χ2v) is 4.59. The van der Waals surface area contributed by atoms with Gasteiger partial charge >= 0.3 is 12.1 Å². The molecule has 1 aromatic rings. The average Bonchev–Trinajstić information content (AvgIpc) is 2.39. The van der Waals surface area contributed by atoms with Crippen LogP contribution in [0.5, 0.6) is 0 Å². The SMILES string of the molecule is O=C(N[C@@H]1CNCC[C@H]1c1ccccc1)C(F)(F)F. The van der Waals surface area contributed by atoms with Gasteiger partial charge in [-0.2, -0.15) is 13.2 Å². The van der Waals surface area contributed by atoms with Gasteiger partial charge in [-0.25, -0.2) is 0 Å². The summed E-state index contributed by atoms with van der Waals surface area (Å²) in [6.07, 6.45) is -4.13. The molecule has 1 fully saturated rings. The minimum atomic E-state index is -4.83. The molecule has 104 valence electrons. The maximum absolute atomic E-state index is 12.3. The quantitative estimate of drug-likeness (QED) is 0.862. The van der Waals surface area contributed by atoms with E-state index in [9.17, 15) is 18.0 Å². The molecule has 0 spiro atoms. The summed E-state index contributed by atoms with van der Waals surface area (Å²) >= 11 is 0. The van der Waals surface area contributed by atoms with Crippen LogP contribution in [0, 0.1) is 0 Å². The largest absolute Gasteiger partial charge is 0.471 e. The van der Waals surface area contributed by atoms with Gasteiger partial charge in [0.25, 0.3) is 0 Å². The molecule has 0 saturated carbocycles. The molecule has 0 aromatic heterocycles. The van der Waals surface area contributed by atoms with Crippen LogP contribution in [-0.4, -0.2) is 31.2 Å². The number of hydrogen-bond donors (Lipinski definition) is 2. The monoisotopic (exact) mass is 272 g/mol. The van der Waals surface area contributed by atoms with Crippen LogP contribution in [0.15, 0.2) is 30.3 Å². The van der Waals surface area contributed by atoms with Crippen LogP contribution in [0.1, 0.15) is 17.9 Å². The molecule has 0 aliphatic carbocycles. The zero-order chi connectivity index (χ0) is 13.9. The highest BCUT2D eigenvalue weighted by molar-refractivity contribution is 5.82. The smallest absolute Gasteiger partial charge is 0.344 e. The highest BCUT2D eigenvalue weighted by Crippen LogP contribution is 2.26. The zero-order valence-electron chi connectivity index (χ0n) is 10.2. The Morgan fingerprint density at radius 1 is 1.26 bits per heavy atom. The van der Waals surface area contributed by atoms with E-state index >= 15 is 0 Å². The summed E-state index contributed by atoms with van der Waals surface area (Å²) in [6.45, 7) is 1.08. The molecule has 0 bridgehead atoms. The van der Waals surface area contributed by atoms with Gasteiger partial charge in [0.1, 0.15) is 0 Å². The fourth-order valence-corrected chi connectivity index (χ4v) is 2.36. The highest BCUT2D eigenvalue weighted by atomic mass is 19.4. The van der Waals surface area contributed by atoms with Gasteiger partial charge in [0.2, 0.25) is 0 Å². The second-order valence-electron chi connectivity index (χ2n) is 4.59. The lowest BCUT2D eigenvalue weighted by molar-refractivity contribution is -0.174. The molecule has 1 saturated heterocycles. The molecule has 2 rings (SSSR count). The van der Waals surface area contributed by atoms with Crippen LogP contribution >= 0.6 is 0 Å². The van der Waals surface area contributed by atoms with Crippen molar-refractivity contribution in [1.82, 2.24) is 10.6 Å². The normalized spacial score (nSPS) is 23.9. The molecular formula is C13H15F3N2O. The first-order chi connectivity index (χ1) is 8.98. The number of alkyl halides is 3. The van der Waals surface area contributed by atoms with Crippen molar-refractivity contribution >= 4 is 5.91 Å². The van der Waals surface area contributed by atoms with Gasteiger partial charge in [0.15, 0.2) is 0 Å². The van der Waals surface area contributed by atoms with E-state index in [4.69, 9.17) is 0 Å². The van der Waals surface area contributed by atoms with Gasteiger partial charge in [-0.3, -0.25) is 4.79 Å². The van der Waals surface area contributed by atoms with E-state index in [1.807, 2.05) is 30.3 Å².